The van der Waals surface area contributed by atoms with Gasteiger partial charge < -0.3 is 4.42 Å². The summed E-state index contributed by atoms with van der Waals surface area (Å²) in [5.74, 6) is 5.42. The molecule has 0 saturated carbocycles. The average molecular weight is 280 g/mol. The predicted octanol–water partition coefficient (Wildman–Crippen LogP) is 1.28. The number of nitrogen functional groups attached to an aromatic ring is 1. The van der Waals surface area contributed by atoms with Crippen molar-refractivity contribution in [2.75, 3.05) is 7.05 Å². The Morgan fingerprint density at radius 1 is 1.58 bits per heavy atom. The van der Waals surface area contributed by atoms with E-state index in [1.165, 1.54) is 6.26 Å². The first kappa shape index (κ1) is 13.7. The highest BCUT2D eigenvalue weighted by Gasteiger charge is 2.11. The first-order valence-electron chi connectivity index (χ1n) is 5.76. The van der Waals surface area contributed by atoms with Crippen LogP contribution in [0.15, 0.2) is 22.1 Å². The third kappa shape index (κ3) is 3.63. The van der Waals surface area contributed by atoms with E-state index in [2.05, 4.69) is 15.3 Å². The van der Waals surface area contributed by atoms with Crippen molar-refractivity contribution in [1.29, 1.82) is 0 Å². The van der Waals surface area contributed by atoms with E-state index < -0.39 is 0 Å². The topological polar surface area (TPSA) is 84.4 Å². The Morgan fingerprint density at radius 3 is 3.00 bits per heavy atom. The lowest BCUT2D eigenvalue weighted by molar-refractivity contribution is 0.0953. The molecule has 0 saturated heterocycles. The third-order valence-electron chi connectivity index (χ3n) is 2.57. The van der Waals surface area contributed by atoms with E-state index in [9.17, 15) is 4.79 Å². The molecule has 0 aromatic carbocycles. The molecule has 0 aliphatic carbocycles. The highest BCUT2D eigenvalue weighted by molar-refractivity contribution is 7.09. The smallest absolute Gasteiger partial charge is 0.268 e. The summed E-state index contributed by atoms with van der Waals surface area (Å²) >= 11 is 1.64. The van der Waals surface area contributed by atoms with Gasteiger partial charge >= 0.3 is 0 Å². The number of nitrogens with zero attached hydrogens (tertiary/aromatic N) is 2. The van der Waals surface area contributed by atoms with E-state index >= 15 is 0 Å². The van der Waals surface area contributed by atoms with Gasteiger partial charge in [-0.05, 0) is 20.0 Å². The van der Waals surface area contributed by atoms with Gasteiger partial charge in [0, 0.05) is 11.9 Å². The van der Waals surface area contributed by atoms with Crippen LogP contribution in [0.2, 0.25) is 0 Å². The number of aryl methyl sites for hydroxylation is 1. The van der Waals surface area contributed by atoms with Gasteiger partial charge in [-0.25, -0.2) is 10.8 Å². The number of hydrazine groups is 1. The molecule has 0 aliphatic heterocycles. The van der Waals surface area contributed by atoms with Gasteiger partial charge in [0.25, 0.3) is 5.91 Å². The predicted molar refractivity (Wildman–Crippen MR) is 72.4 cm³/mol. The van der Waals surface area contributed by atoms with Gasteiger partial charge in [-0.2, -0.15) is 0 Å². The number of carbonyl (C=O) groups excluding carboxylic acids is 1. The normalized spacial score (nSPS) is 10.9. The second kappa shape index (κ2) is 5.96. The summed E-state index contributed by atoms with van der Waals surface area (Å²) in [5.41, 5.74) is 3.53. The average Bonchev–Trinajstić information content (AvgIpc) is 2.98. The number of nitrogens with one attached hydrogen (secondary N) is 1. The van der Waals surface area contributed by atoms with Gasteiger partial charge in [-0.1, -0.05) is 0 Å². The van der Waals surface area contributed by atoms with Crippen molar-refractivity contribution in [3.8, 4) is 0 Å². The largest absolute Gasteiger partial charge is 0.467 e. The van der Waals surface area contributed by atoms with Crippen molar-refractivity contribution >= 4 is 17.2 Å². The van der Waals surface area contributed by atoms with E-state index in [1.54, 1.807) is 17.4 Å². The summed E-state index contributed by atoms with van der Waals surface area (Å²) in [7, 11) is 1.97. The van der Waals surface area contributed by atoms with Crippen LogP contribution >= 0.6 is 11.3 Å². The van der Waals surface area contributed by atoms with E-state index in [0.717, 1.165) is 17.2 Å². The van der Waals surface area contributed by atoms with Crippen LogP contribution in [-0.4, -0.2) is 22.8 Å². The van der Waals surface area contributed by atoms with Crippen molar-refractivity contribution in [2.24, 2.45) is 5.84 Å². The molecule has 2 rings (SSSR count). The van der Waals surface area contributed by atoms with Gasteiger partial charge in [0.05, 0.1) is 22.8 Å². The summed E-state index contributed by atoms with van der Waals surface area (Å²) < 4.78 is 5.33. The molecule has 0 radical (unpaired) electrons. The summed E-state index contributed by atoms with van der Waals surface area (Å²) in [6, 6.07) is 1.69. The minimum atomic E-state index is -0.354. The molecule has 102 valence electrons. The van der Waals surface area contributed by atoms with E-state index in [0.29, 0.717) is 17.9 Å². The Hall–Kier alpha value is -1.70. The summed E-state index contributed by atoms with van der Waals surface area (Å²) in [6.07, 6.45) is 1.40. The van der Waals surface area contributed by atoms with Crippen LogP contribution in [0.4, 0.5) is 0 Å². The fraction of sp³-hybridized carbons (Fsp3) is 0.333. The number of hydrogen-bond acceptors (Lipinski definition) is 6. The molecule has 2 aromatic heterocycles. The van der Waals surface area contributed by atoms with Crippen LogP contribution in [0, 0.1) is 6.92 Å². The first-order chi connectivity index (χ1) is 9.08. The van der Waals surface area contributed by atoms with Crippen LogP contribution < -0.4 is 11.3 Å². The molecule has 2 heterocycles. The minimum absolute atomic E-state index is 0.354. The molecule has 19 heavy (non-hydrogen) atoms. The molecular weight excluding hydrogens is 264 g/mol. The Kier molecular flexibility index (Phi) is 4.31. The summed E-state index contributed by atoms with van der Waals surface area (Å²) in [4.78, 5) is 17.8. The molecular formula is C12H16N4O2S. The Bertz CT molecular complexity index is 564. The van der Waals surface area contributed by atoms with E-state index in [1.807, 2.05) is 19.4 Å². The molecule has 3 N–H and O–H groups in total. The molecule has 2 aromatic rings. The number of aromatic nitrogens is 1. The van der Waals surface area contributed by atoms with Crippen LogP contribution in [0.25, 0.3) is 0 Å². The number of rotatable bonds is 5. The zero-order valence-corrected chi connectivity index (χ0v) is 11.7. The molecule has 0 aliphatic rings. The lowest BCUT2D eigenvalue weighted by Gasteiger charge is -2.12. The van der Waals surface area contributed by atoms with Crippen molar-refractivity contribution in [2.45, 2.75) is 20.0 Å². The van der Waals surface area contributed by atoms with Crippen LogP contribution in [0.3, 0.4) is 0 Å². The van der Waals surface area contributed by atoms with E-state index in [4.69, 9.17) is 10.3 Å². The number of nitrogens with two attached hydrogens (primary N) is 1. The fourth-order valence-electron chi connectivity index (χ4n) is 1.75. The molecule has 6 nitrogen and oxygen atoms in total. The zero-order chi connectivity index (χ0) is 13.8. The lowest BCUT2D eigenvalue weighted by Crippen LogP contribution is -2.29. The molecule has 7 heteroatoms. The summed E-state index contributed by atoms with van der Waals surface area (Å²) in [6.45, 7) is 3.33. The second-order valence-electron chi connectivity index (χ2n) is 4.31. The Balaban J connectivity index is 1.93. The van der Waals surface area contributed by atoms with Crippen LogP contribution in [-0.2, 0) is 13.1 Å². The SMILES string of the molecule is Cc1nc(CN(C)Cc2cc(C(=O)NN)co2)cs1. The van der Waals surface area contributed by atoms with Crippen molar-refractivity contribution in [3.63, 3.8) is 0 Å². The van der Waals surface area contributed by atoms with E-state index in [-0.39, 0.29) is 5.91 Å². The molecule has 0 unspecified atom stereocenters. The Labute approximate surface area is 115 Å². The maximum atomic E-state index is 11.3. The maximum absolute atomic E-state index is 11.3. The van der Waals surface area contributed by atoms with Crippen LogP contribution in [0.5, 0.6) is 0 Å². The molecule has 0 atom stereocenters. The first-order valence-corrected chi connectivity index (χ1v) is 6.64. The number of furan rings is 1. The monoisotopic (exact) mass is 280 g/mol. The van der Waals surface area contributed by atoms with Gasteiger partial charge in [0.1, 0.15) is 12.0 Å². The van der Waals surface area contributed by atoms with Crippen molar-refractivity contribution in [3.05, 3.63) is 39.7 Å². The van der Waals surface area contributed by atoms with Crippen molar-refractivity contribution in [1.82, 2.24) is 15.3 Å². The van der Waals surface area contributed by atoms with Gasteiger partial charge in [-0.3, -0.25) is 15.1 Å². The number of amides is 1. The molecule has 1 amide bonds. The maximum Gasteiger partial charge on any atom is 0.268 e. The number of carbonyl (C=O) groups is 1. The molecule has 0 bridgehead atoms. The molecule has 0 fully saturated rings. The highest BCUT2D eigenvalue weighted by atomic mass is 32.1. The van der Waals surface area contributed by atoms with Gasteiger partial charge in [0.2, 0.25) is 0 Å². The standard InChI is InChI=1S/C12H16N4O2S/c1-8-14-10(7-19-8)4-16(2)5-11-3-9(6-18-11)12(17)15-13/h3,6-7H,4-5,13H2,1-2H3,(H,15,17). The zero-order valence-electron chi connectivity index (χ0n) is 10.8. The number of thiazole rings is 1. The van der Waals surface area contributed by atoms with Gasteiger partial charge in [0.15, 0.2) is 0 Å². The summed E-state index contributed by atoms with van der Waals surface area (Å²) in [5, 5.41) is 3.10. The Morgan fingerprint density at radius 2 is 2.37 bits per heavy atom. The lowest BCUT2D eigenvalue weighted by atomic mass is 10.3. The molecule has 0 spiro atoms. The third-order valence-corrected chi connectivity index (χ3v) is 3.39. The second-order valence-corrected chi connectivity index (χ2v) is 5.37. The number of hydrogen-bond donors (Lipinski definition) is 2. The minimum Gasteiger partial charge on any atom is -0.467 e. The quantitative estimate of drug-likeness (QED) is 0.489. The highest BCUT2D eigenvalue weighted by Crippen LogP contribution is 2.13. The van der Waals surface area contributed by atoms with Crippen LogP contribution in [0.1, 0.15) is 26.8 Å². The van der Waals surface area contributed by atoms with Crippen molar-refractivity contribution < 1.29 is 9.21 Å². The fourth-order valence-corrected chi connectivity index (χ4v) is 2.35. The van der Waals surface area contributed by atoms with Gasteiger partial charge in [-0.15, -0.1) is 11.3 Å².